The largest absolute Gasteiger partial charge is 0.350 e. The van der Waals surface area contributed by atoms with Crippen molar-refractivity contribution >= 4 is 11.8 Å². The number of carbonyl (C=O) groups is 2. The van der Waals surface area contributed by atoms with Crippen molar-refractivity contribution in [2.45, 2.75) is 33.2 Å². The van der Waals surface area contributed by atoms with Crippen LogP contribution in [0.4, 0.5) is 4.39 Å². The zero-order valence-electron chi connectivity index (χ0n) is 14.1. The maximum absolute atomic E-state index is 13.0. The molecule has 7 nitrogen and oxygen atoms in total. The van der Waals surface area contributed by atoms with E-state index in [1.54, 1.807) is 6.92 Å². The summed E-state index contributed by atoms with van der Waals surface area (Å²) in [6.45, 7) is 7.06. The lowest BCUT2D eigenvalue weighted by molar-refractivity contribution is -0.121. The van der Waals surface area contributed by atoms with Gasteiger partial charge in [-0.05, 0) is 52.0 Å². The Balaban J connectivity index is 2.05. The number of aromatic nitrogens is 3. The number of amides is 2. The second-order valence-corrected chi connectivity index (χ2v) is 6.35. The summed E-state index contributed by atoms with van der Waals surface area (Å²) in [5.74, 6) is -0.792. The number of aryl methyl sites for hydroxylation is 1. The molecule has 2 aromatic rings. The molecule has 1 aromatic carbocycles. The highest BCUT2D eigenvalue weighted by Crippen LogP contribution is 2.10. The van der Waals surface area contributed by atoms with Gasteiger partial charge in [-0.15, -0.1) is 5.10 Å². The average Bonchev–Trinajstić information content (AvgIpc) is 2.86. The molecule has 128 valence electrons. The third-order valence-electron chi connectivity index (χ3n) is 2.97. The summed E-state index contributed by atoms with van der Waals surface area (Å²) in [7, 11) is 0. The standard InChI is InChI=1S/C16H20FN5O2/c1-10-19-14(15(24)18-9-13(23)20-16(2,3)4)21-22(10)12-7-5-11(17)6-8-12/h5-8H,9H2,1-4H3,(H,18,24)(H,20,23). The first-order valence-corrected chi connectivity index (χ1v) is 7.44. The number of nitrogens with zero attached hydrogens (tertiary/aromatic N) is 3. The number of halogens is 1. The first kappa shape index (κ1) is 17.6. The van der Waals surface area contributed by atoms with Gasteiger partial charge in [0, 0.05) is 5.54 Å². The molecule has 0 fully saturated rings. The highest BCUT2D eigenvalue weighted by atomic mass is 19.1. The van der Waals surface area contributed by atoms with E-state index in [0.717, 1.165) is 0 Å². The zero-order valence-corrected chi connectivity index (χ0v) is 14.1. The van der Waals surface area contributed by atoms with E-state index < -0.39 is 5.91 Å². The summed E-state index contributed by atoms with van der Waals surface area (Å²) in [6, 6.07) is 5.67. The van der Waals surface area contributed by atoms with E-state index in [-0.39, 0.29) is 29.6 Å². The molecule has 2 N–H and O–H groups in total. The van der Waals surface area contributed by atoms with Crippen LogP contribution in [-0.2, 0) is 4.79 Å². The Bertz CT molecular complexity index is 747. The molecule has 1 aromatic heterocycles. The normalized spacial score (nSPS) is 11.2. The molecule has 2 amide bonds. The molecule has 2 rings (SSSR count). The van der Waals surface area contributed by atoms with E-state index >= 15 is 0 Å². The highest BCUT2D eigenvalue weighted by Gasteiger charge is 2.18. The Labute approximate surface area is 139 Å². The van der Waals surface area contributed by atoms with Crippen LogP contribution >= 0.6 is 0 Å². The van der Waals surface area contributed by atoms with Crippen molar-refractivity contribution in [3.8, 4) is 5.69 Å². The van der Waals surface area contributed by atoms with Crippen molar-refractivity contribution in [2.24, 2.45) is 0 Å². The van der Waals surface area contributed by atoms with Crippen LogP contribution in [0, 0.1) is 12.7 Å². The molecule has 0 aliphatic carbocycles. The van der Waals surface area contributed by atoms with E-state index in [0.29, 0.717) is 11.5 Å². The minimum Gasteiger partial charge on any atom is -0.350 e. The number of carbonyl (C=O) groups excluding carboxylic acids is 2. The molecule has 0 aliphatic rings. The summed E-state index contributed by atoms with van der Waals surface area (Å²) in [4.78, 5) is 27.9. The van der Waals surface area contributed by atoms with Gasteiger partial charge in [0.1, 0.15) is 11.6 Å². The predicted octanol–water partition coefficient (Wildman–Crippen LogP) is 1.36. The van der Waals surface area contributed by atoms with Gasteiger partial charge in [0.05, 0.1) is 12.2 Å². The first-order chi connectivity index (χ1) is 11.2. The summed E-state index contributed by atoms with van der Waals surface area (Å²) < 4.78 is 14.4. The van der Waals surface area contributed by atoms with Gasteiger partial charge in [-0.1, -0.05) is 0 Å². The summed E-state index contributed by atoms with van der Waals surface area (Å²) in [5, 5.41) is 9.31. The van der Waals surface area contributed by atoms with Gasteiger partial charge in [0.25, 0.3) is 5.91 Å². The van der Waals surface area contributed by atoms with Gasteiger partial charge in [-0.2, -0.15) is 0 Å². The zero-order chi connectivity index (χ0) is 17.9. The molecular formula is C16H20FN5O2. The number of benzene rings is 1. The van der Waals surface area contributed by atoms with Crippen molar-refractivity contribution in [1.29, 1.82) is 0 Å². The number of rotatable bonds is 4. The number of hydrogen-bond acceptors (Lipinski definition) is 4. The molecular weight excluding hydrogens is 313 g/mol. The highest BCUT2D eigenvalue weighted by molar-refractivity contribution is 5.93. The lowest BCUT2D eigenvalue weighted by Crippen LogP contribution is -2.46. The average molecular weight is 333 g/mol. The second kappa shape index (κ2) is 6.77. The molecule has 0 unspecified atom stereocenters. The number of hydrogen-bond donors (Lipinski definition) is 2. The van der Waals surface area contributed by atoms with Crippen LogP contribution in [0.2, 0.25) is 0 Å². The maximum atomic E-state index is 13.0. The van der Waals surface area contributed by atoms with Crippen molar-refractivity contribution in [1.82, 2.24) is 25.4 Å². The molecule has 0 atom stereocenters. The number of nitrogens with one attached hydrogen (secondary N) is 2. The van der Waals surface area contributed by atoms with E-state index in [9.17, 15) is 14.0 Å². The topological polar surface area (TPSA) is 88.9 Å². The summed E-state index contributed by atoms with van der Waals surface area (Å²) in [5.41, 5.74) is 0.215. The summed E-state index contributed by atoms with van der Waals surface area (Å²) >= 11 is 0. The van der Waals surface area contributed by atoms with E-state index in [2.05, 4.69) is 20.7 Å². The van der Waals surface area contributed by atoms with Crippen LogP contribution in [-0.4, -0.2) is 38.7 Å². The van der Waals surface area contributed by atoms with Crippen LogP contribution in [0.5, 0.6) is 0 Å². The molecule has 24 heavy (non-hydrogen) atoms. The van der Waals surface area contributed by atoms with Gasteiger partial charge in [0.15, 0.2) is 0 Å². The molecule has 8 heteroatoms. The van der Waals surface area contributed by atoms with Crippen LogP contribution in [0.25, 0.3) is 5.69 Å². The Hall–Kier alpha value is -2.77. The Morgan fingerprint density at radius 1 is 1.21 bits per heavy atom. The molecule has 1 heterocycles. The van der Waals surface area contributed by atoms with E-state index in [1.165, 1.54) is 28.9 Å². The van der Waals surface area contributed by atoms with E-state index in [1.807, 2.05) is 20.8 Å². The molecule has 0 aliphatic heterocycles. The SMILES string of the molecule is Cc1nc(C(=O)NCC(=O)NC(C)(C)C)nn1-c1ccc(F)cc1. The molecule has 0 radical (unpaired) electrons. The van der Waals surface area contributed by atoms with Crippen molar-refractivity contribution < 1.29 is 14.0 Å². The molecule has 0 spiro atoms. The quantitative estimate of drug-likeness (QED) is 0.884. The predicted molar refractivity (Wildman–Crippen MR) is 86.3 cm³/mol. The smallest absolute Gasteiger partial charge is 0.291 e. The van der Waals surface area contributed by atoms with Crippen LogP contribution in [0.15, 0.2) is 24.3 Å². The van der Waals surface area contributed by atoms with Crippen LogP contribution in [0.3, 0.4) is 0 Å². The Morgan fingerprint density at radius 2 is 1.83 bits per heavy atom. The molecule has 0 saturated carbocycles. The lowest BCUT2D eigenvalue weighted by atomic mass is 10.1. The molecule has 0 bridgehead atoms. The fourth-order valence-corrected chi connectivity index (χ4v) is 2.02. The van der Waals surface area contributed by atoms with Crippen LogP contribution in [0.1, 0.15) is 37.2 Å². The van der Waals surface area contributed by atoms with Gasteiger partial charge >= 0.3 is 0 Å². The maximum Gasteiger partial charge on any atom is 0.291 e. The van der Waals surface area contributed by atoms with Gasteiger partial charge in [-0.25, -0.2) is 14.1 Å². The summed E-state index contributed by atoms with van der Waals surface area (Å²) in [6.07, 6.45) is 0. The van der Waals surface area contributed by atoms with Crippen molar-refractivity contribution in [3.63, 3.8) is 0 Å². The van der Waals surface area contributed by atoms with Gasteiger partial charge in [0.2, 0.25) is 11.7 Å². The first-order valence-electron chi connectivity index (χ1n) is 7.44. The lowest BCUT2D eigenvalue weighted by Gasteiger charge is -2.20. The minimum absolute atomic E-state index is 0.0552. The van der Waals surface area contributed by atoms with Gasteiger partial charge in [-0.3, -0.25) is 9.59 Å². The third-order valence-corrected chi connectivity index (χ3v) is 2.97. The monoisotopic (exact) mass is 333 g/mol. The Morgan fingerprint density at radius 3 is 2.42 bits per heavy atom. The molecule has 0 saturated heterocycles. The fraction of sp³-hybridized carbons (Fsp3) is 0.375. The minimum atomic E-state index is -0.553. The van der Waals surface area contributed by atoms with Gasteiger partial charge < -0.3 is 10.6 Å². The third kappa shape index (κ3) is 4.61. The van der Waals surface area contributed by atoms with E-state index in [4.69, 9.17) is 0 Å². The second-order valence-electron chi connectivity index (χ2n) is 6.35. The fourth-order valence-electron chi connectivity index (χ4n) is 2.02. The van der Waals surface area contributed by atoms with Crippen molar-refractivity contribution in [3.05, 3.63) is 41.7 Å². The van der Waals surface area contributed by atoms with Crippen LogP contribution < -0.4 is 10.6 Å². The van der Waals surface area contributed by atoms with Crippen molar-refractivity contribution in [2.75, 3.05) is 6.54 Å². The Kier molecular flexibility index (Phi) is 4.96.